The number of H-pyrrole nitrogens is 1. The van der Waals surface area contributed by atoms with Gasteiger partial charge in [-0.3, -0.25) is 0 Å². The van der Waals surface area contributed by atoms with Crippen molar-refractivity contribution in [2.24, 2.45) is 0 Å². The number of fused-ring (bicyclic) bond motifs is 1. The molecular formula is C12H11BrF3N3O. The van der Waals surface area contributed by atoms with Gasteiger partial charge in [0.2, 0.25) is 0 Å². The number of alkyl halides is 3. The van der Waals surface area contributed by atoms with Gasteiger partial charge in [-0.05, 0) is 18.2 Å². The Morgan fingerprint density at radius 3 is 2.80 bits per heavy atom. The zero-order valence-corrected chi connectivity index (χ0v) is 11.7. The summed E-state index contributed by atoms with van der Waals surface area (Å²) in [6, 6.07) is 4.70. The Hall–Kier alpha value is -1.70. The number of benzene rings is 1. The molecule has 0 aliphatic carbocycles. The molecule has 1 heterocycles. The summed E-state index contributed by atoms with van der Waals surface area (Å²) in [6.07, 6.45) is -3.92. The third-order valence-corrected chi connectivity index (χ3v) is 3.12. The summed E-state index contributed by atoms with van der Waals surface area (Å²) >= 11 is 3.31. The molecule has 0 aliphatic rings. The van der Waals surface area contributed by atoms with Crippen LogP contribution in [0.5, 0.6) is 0 Å². The van der Waals surface area contributed by atoms with Crippen LogP contribution < -0.4 is 10.6 Å². The molecule has 4 nitrogen and oxygen atoms in total. The lowest BCUT2D eigenvalue weighted by molar-refractivity contribution is 0.0517. The van der Waals surface area contributed by atoms with Gasteiger partial charge in [0.25, 0.3) is 6.43 Å². The Balaban J connectivity index is 2.01. The summed E-state index contributed by atoms with van der Waals surface area (Å²) in [6.45, 7) is -0.741. The van der Waals surface area contributed by atoms with Gasteiger partial charge in [-0.1, -0.05) is 15.9 Å². The van der Waals surface area contributed by atoms with Crippen LogP contribution in [0.15, 0.2) is 28.9 Å². The Morgan fingerprint density at radius 1 is 1.35 bits per heavy atom. The van der Waals surface area contributed by atoms with Crippen molar-refractivity contribution in [2.45, 2.75) is 12.6 Å². The van der Waals surface area contributed by atoms with Gasteiger partial charge < -0.3 is 15.6 Å². The third-order valence-electron chi connectivity index (χ3n) is 2.62. The van der Waals surface area contributed by atoms with Crippen molar-refractivity contribution < 1.29 is 18.0 Å². The van der Waals surface area contributed by atoms with Crippen LogP contribution in [-0.4, -0.2) is 30.2 Å². The molecule has 1 atom stereocenters. The summed E-state index contributed by atoms with van der Waals surface area (Å²) in [5, 5.41) is 5.27. The average molecular weight is 350 g/mol. The molecule has 0 saturated carbocycles. The zero-order valence-electron chi connectivity index (χ0n) is 10.1. The van der Waals surface area contributed by atoms with E-state index in [1.54, 1.807) is 12.3 Å². The number of anilines is 1. The molecule has 1 unspecified atom stereocenters. The average Bonchev–Trinajstić information content (AvgIpc) is 2.78. The molecule has 1 aromatic heterocycles. The van der Waals surface area contributed by atoms with Crippen molar-refractivity contribution in [1.29, 1.82) is 0 Å². The zero-order chi connectivity index (χ0) is 14.7. The summed E-state index contributed by atoms with van der Waals surface area (Å²) in [4.78, 5) is 14.5. The molecule has 0 bridgehead atoms. The monoisotopic (exact) mass is 349 g/mol. The predicted octanol–water partition coefficient (Wildman–Crippen LogP) is 3.66. The second kappa shape index (κ2) is 6.17. The fourth-order valence-electron chi connectivity index (χ4n) is 1.64. The second-order valence-corrected chi connectivity index (χ2v) is 4.99. The van der Waals surface area contributed by atoms with E-state index < -0.39 is 25.2 Å². The highest BCUT2D eigenvalue weighted by atomic mass is 79.9. The largest absolute Gasteiger partial charge is 0.359 e. The lowest BCUT2D eigenvalue weighted by Crippen LogP contribution is -2.36. The number of carbonyl (C=O) groups is 1. The van der Waals surface area contributed by atoms with E-state index in [2.05, 4.69) is 31.5 Å². The molecule has 0 saturated heterocycles. The molecular weight excluding hydrogens is 339 g/mol. The van der Waals surface area contributed by atoms with Crippen LogP contribution in [-0.2, 0) is 0 Å². The fourth-order valence-corrected chi connectivity index (χ4v) is 2.00. The molecule has 0 aliphatic heterocycles. The number of halogens is 4. The van der Waals surface area contributed by atoms with E-state index in [4.69, 9.17) is 0 Å². The van der Waals surface area contributed by atoms with Crippen molar-refractivity contribution >= 4 is 38.6 Å². The minimum atomic E-state index is -3.11. The van der Waals surface area contributed by atoms with Gasteiger partial charge >= 0.3 is 6.03 Å². The van der Waals surface area contributed by atoms with Crippen molar-refractivity contribution in [3.05, 3.63) is 28.9 Å². The quantitative estimate of drug-likeness (QED) is 0.775. The number of urea groups is 1. The molecule has 0 spiro atoms. The molecule has 3 N–H and O–H groups in total. The maximum atomic E-state index is 12.7. The molecule has 2 rings (SSSR count). The van der Waals surface area contributed by atoms with E-state index >= 15 is 0 Å². The molecule has 2 aromatic rings. The molecule has 2 amide bonds. The molecule has 20 heavy (non-hydrogen) atoms. The fraction of sp³-hybridized carbons (Fsp3) is 0.250. The number of nitrogens with one attached hydrogen (secondary N) is 3. The highest BCUT2D eigenvalue weighted by Gasteiger charge is 2.19. The first-order chi connectivity index (χ1) is 9.47. The SMILES string of the molecule is O=C(NCC(F)C(F)F)Nc1c[nH]c2ccc(Br)cc12. The minimum absolute atomic E-state index is 0.478. The first kappa shape index (κ1) is 14.7. The maximum absolute atomic E-state index is 12.7. The van der Waals surface area contributed by atoms with Crippen LogP contribution in [0, 0.1) is 0 Å². The van der Waals surface area contributed by atoms with Gasteiger partial charge in [0.1, 0.15) is 0 Å². The smallest absolute Gasteiger partial charge is 0.319 e. The summed E-state index contributed by atoms with van der Waals surface area (Å²) in [5.41, 5.74) is 1.28. The van der Waals surface area contributed by atoms with E-state index in [9.17, 15) is 18.0 Å². The summed E-state index contributed by atoms with van der Waals surface area (Å²) in [7, 11) is 0. The minimum Gasteiger partial charge on any atom is -0.359 e. The number of aromatic nitrogens is 1. The summed E-state index contributed by atoms with van der Waals surface area (Å²) < 4.78 is 37.4. The lowest BCUT2D eigenvalue weighted by atomic mass is 10.2. The Labute approximate surface area is 120 Å². The van der Waals surface area contributed by atoms with E-state index in [0.717, 1.165) is 15.4 Å². The van der Waals surface area contributed by atoms with E-state index in [1.807, 2.05) is 12.1 Å². The van der Waals surface area contributed by atoms with Gasteiger partial charge in [0, 0.05) is 21.6 Å². The van der Waals surface area contributed by atoms with Gasteiger partial charge in [-0.25, -0.2) is 18.0 Å². The molecule has 1 aromatic carbocycles. The number of amides is 2. The molecule has 108 valence electrons. The number of hydrogen-bond acceptors (Lipinski definition) is 1. The van der Waals surface area contributed by atoms with Crippen molar-refractivity contribution in [1.82, 2.24) is 10.3 Å². The van der Waals surface area contributed by atoms with Crippen LogP contribution in [0.2, 0.25) is 0 Å². The number of hydrogen-bond donors (Lipinski definition) is 3. The third kappa shape index (κ3) is 3.44. The number of rotatable bonds is 4. The summed E-state index contributed by atoms with van der Waals surface area (Å²) in [5.74, 6) is 0. The number of carbonyl (C=O) groups excluding carboxylic acids is 1. The standard InChI is InChI=1S/C12H11BrF3N3O/c13-6-1-2-9-7(3-6)10(5-17-9)19-12(20)18-4-8(14)11(15)16/h1-3,5,8,11,17H,4H2,(H2,18,19,20). The molecule has 8 heteroatoms. The normalized spacial score (nSPS) is 12.7. The van der Waals surface area contributed by atoms with Crippen LogP contribution in [0.1, 0.15) is 0 Å². The first-order valence-electron chi connectivity index (χ1n) is 5.71. The van der Waals surface area contributed by atoms with Crippen LogP contribution in [0.25, 0.3) is 10.9 Å². The van der Waals surface area contributed by atoms with Gasteiger partial charge in [-0.2, -0.15) is 0 Å². The highest BCUT2D eigenvalue weighted by Crippen LogP contribution is 2.26. The second-order valence-electron chi connectivity index (χ2n) is 4.08. The van der Waals surface area contributed by atoms with Gasteiger partial charge in [-0.15, -0.1) is 0 Å². The van der Waals surface area contributed by atoms with Gasteiger partial charge in [0.05, 0.1) is 12.2 Å². The highest BCUT2D eigenvalue weighted by molar-refractivity contribution is 9.10. The van der Waals surface area contributed by atoms with Crippen LogP contribution in [0.3, 0.4) is 0 Å². The van der Waals surface area contributed by atoms with Gasteiger partial charge in [0.15, 0.2) is 6.17 Å². The Bertz CT molecular complexity index is 617. The van der Waals surface area contributed by atoms with Crippen molar-refractivity contribution in [3.63, 3.8) is 0 Å². The Morgan fingerprint density at radius 2 is 2.10 bits per heavy atom. The topological polar surface area (TPSA) is 56.9 Å². The van der Waals surface area contributed by atoms with E-state index in [0.29, 0.717) is 5.69 Å². The first-order valence-corrected chi connectivity index (χ1v) is 6.50. The Kier molecular flexibility index (Phi) is 4.53. The van der Waals surface area contributed by atoms with E-state index in [-0.39, 0.29) is 0 Å². The molecule has 0 fully saturated rings. The lowest BCUT2D eigenvalue weighted by Gasteiger charge is -2.09. The van der Waals surface area contributed by atoms with Crippen molar-refractivity contribution in [2.75, 3.05) is 11.9 Å². The van der Waals surface area contributed by atoms with Crippen LogP contribution in [0.4, 0.5) is 23.7 Å². The van der Waals surface area contributed by atoms with E-state index in [1.165, 1.54) is 0 Å². The molecule has 0 radical (unpaired) electrons. The maximum Gasteiger partial charge on any atom is 0.319 e. The number of aromatic amines is 1. The van der Waals surface area contributed by atoms with Crippen LogP contribution >= 0.6 is 15.9 Å². The predicted molar refractivity (Wildman–Crippen MR) is 73.9 cm³/mol. The van der Waals surface area contributed by atoms with Crippen molar-refractivity contribution in [3.8, 4) is 0 Å².